The summed E-state index contributed by atoms with van der Waals surface area (Å²) in [5.74, 6) is 1.27. The minimum atomic E-state index is -0.248. The third-order valence-corrected chi connectivity index (χ3v) is 3.69. The minimum Gasteiger partial charge on any atom is -0.497 e. The van der Waals surface area contributed by atoms with Crippen molar-refractivity contribution >= 4 is 5.91 Å². The van der Waals surface area contributed by atoms with E-state index in [2.05, 4.69) is 5.32 Å². The maximum atomic E-state index is 12.0. The van der Waals surface area contributed by atoms with E-state index in [4.69, 9.17) is 14.2 Å². The van der Waals surface area contributed by atoms with Crippen LogP contribution in [0.3, 0.4) is 0 Å². The molecule has 0 spiro atoms. The highest BCUT2D eigenvalue weighted by Gasteiger charge is 2.13. The molecule has 0 aliphatic rings. The standard InChI is InChI=1S/C19H23NO4/c1-14-7-4-5-10-17(14)24-13-19(21)20-12-18(23-3)15-8-6-9-16(11-15)22-2/h4-11,18H,12-13H2,1-3H3,(H,20,21). The Kier molecular flexibility index (Phi) is 6.63. The first kappa shape index (κ1) is 17.8. The van der Waals surface area contributed by atoms with Crippen LogP contribution in [0.2, 0.25) is 0 Å². The molecule has 128 valence electrons. The van der Waals surface area contributed by atoms with Gasteiger partial charge in [0.25, 0.3) is 5.91 Å². The summed E-state index contributed by atoms with van der Waals surface area (Å²) in [6, 6.07) is 15.2. The normalized spacial score (nSPS) is 11.6. The third kappa shape index (κ3) is 4.99. The molecule has 5 heteroatoms. The van der Waals surface area contributed by atoms with Gasteiger partial charge in [-0.2, -0.15) is 0 Å². The van der Waals surface area contributed by atoms with Crippen LogP contribution in [0.25, 0.3) is 0 Å². The fourth-order valence-corrected chi connectivity index (χ4v) is 2.30. The number of nitrogens with one attached hydrogen (secondary N) is 1. The highest BCUT2D eigenvalue weighted by molar-refractivity contribution is 5.77. The monoisotopic (exact) mass is 329 g/mol. The maximum Gasteiger partial charge on any atom is 0.258 e. The van der Waals surface area contributed by atoms with Crippen LogP contribution in [0, 0.1) is 6.92 Å². The van der Waals surface area contributed by atoms with E-state index >= 15 is 0 Å². The van der Waals surface area contributed by atoms with E-state index in [0.29, 0.717) is 12.3 Å². The lowest BCUT2D eigenvalue weighted by Crippen LogP contribution is -2.33. The number of methoxy groups -OCH3 is 2. The number of amides is 1. The van der Waals surface area contributed by atoms with Crippen molar-refractivity contribution in [1.29, 1.82) is 0 Å². The molecule has 0 aliphatic heterocycles. The van der Waals surface area contributed by atoms with Crippen LogP contribution >= 0.6 is 0 Å². The molecule has 1 atom stereocenters. The summed E-state index contributed by atoms with van der Waals surface area (Å²) in [4.78, 5) is 12.0. The number of carbonyl (C=O) groups excluding carboxylic acids is 1. The van der Waals surface area contributed by atoms with E-state index in [9.17, 15) is 4.79 Å². The van der Waals surface area contributed by atoms with Crippen molar-refractivity contribution in [2.75, 3.05) is 27.4 Å². The van der Waals surface area contributed by atoms with Crippen molar-refractivity contribution in [1.82, 2.24) is 5.32 Å². The number of carbonyl (C=O) groups is 1. The molecule has 5 nitrogen and oxygen atoms in total. The molecule has 0 aliphatic carbocycles. The first-order valence-electron chi connectivity index (χ1n) is 7.76. The van der Waals surface area contributed by atoms with Crippen LogP contribution in [-0.2, 0) is 9.53 Å². The van der Waals surface area contributed by atoms with Crippen LogP contribution in [0.15, 0.2) is 48.5 Å². The van der Waals surface area contributed by atoms with E-state index < -0.39 is 0 Å². The summed E-state index contributed by atoms with van der Waals surface area (Å²) in [6.07, 6.45) is -0.248. The van der Waals surface area contributed by atoms with Gasteiger partial charge in [-0.05, 0) is 36.2 Å². The smallest absolute Gasteiger partial charge is 0.258 e. The average Bonchev–Trinajstić information content (AvgIpc) is 2.61. The molecule has 2 rings (SSSR count). The predicted octanol–water partition coefficient (Wildman–Crippen LogP) is 2.89. The van der Waals surface area contributed by atoms with Gasteiger partial charge in [0.2, 0.25) is 0 Å². The Bertz CT molecular complexity index is 672. The number of para-hydroxylation sites is 1. The minimum absolute atomic E-state index is 0.0284. The van der Waals surface area contributed by atoms with Crippen LogP contribution in [0.4, 0.5) is 0 Å². The number of rotatable bonds is 8. The molecule has 1 N–H and O–H groups in total. The van der Waals surface area contributed by atoms with Crippen molar-refractivity contribution in [2.24, 2.45) is 0 Å². The van der Waals surface area contributed by atoms with E-state index in [1.54, 1.807) is 14.2 Å². The average molecular weight is 329 g/mol. The van der Waals surface area contributed by atoms with Crippen molar-refractivity contribution in [3.05, 3.63) is 59.7 Å². The first-order chi connectivity index (χ1) is 11.6. The molecule has 2 aromatic rings. The van der Waals surface area contributed by atoms with Gasteiger partial charge in [0, 0.05) is 13.7 Å². The van der Waals surface area contributed by atoms with Crippen molar-refractivity contribution in [2.45, 2.75) is 13.0 Å². The van der Waals surface area contributed by atoms with E-state index in [0.717, 1.165) is 16.9 Å². The number of hydrogen-bond acceptors (Lipinski definition) is 4. The Labute approximate surface area is 142 Å². The highest BCUT2D eigenvalue weighted by Crippen LogP contribution is 2.21. The van der Waals surface area contributed by atoms with Crippen LogP contribution in [0.5, 0.6) is 11.5 Å². The summed E-state index contributed by atoms with van der Waals surface area (Å²) >= 11 is 0. The molecule has 0 heterocycles. The van der Waals surface area contributed by atoms with Crippen LogP contribution < -0.4 is 14.8 Å². The zero-order chi connectivity index (χ0) is 17.4. The molecule has 2 aromatic carbocycles. The first-order valence-corrected chi connectivity index (χ1v) is 7.76. The molecule has 1 amide bonds. The Morgan fingerprint density at radius 1 is 1.12 bits per heavy atom. The fourth-order valence-electron chi connectivity index (χ4n) is 2.30. The Morgan fingerprint density at radius 3 is 2.62 bits per heavy atom. The van der Waals surface area contributed by atoms with Gasteiger partial charge in [-0.1, -0.05) is 30.3 Å². The highest BCUT2D eigenvalue weighted by atomic mass is 16.5. The van der Waals surface area contributed by atoms with Crippen LogP contribution in [0.1, 0.15) is 17.2 Å². The number of hydrogen-bond donors (Lipinski definition) is 1. The van der Waals surface area contributed by atoms with E-state index in [1.165, 1.54) is 0 Å². The van der Waals surface area contributed by atoms with Gasteiger partial charge in [0.1, 0.15) is 11.5 Å². The lowest BCUT2D eigenvalue weighted by atomic mass is 10.1. The number of benzene rings is 2. The molecule has 0 saturated heterocycles. The SMILES string of the molecule is COc1cccc(C(CNC(=O)COc2ccccc2C)OC)c1. The summed E-state index contributed by atoms with van der Waals surface area (Å²) in [7, 11) is 3.23. The zero-order valence-electron chi connectivity index (χ0n) is 14.2. The summed E-state index contributed by atoms with van der Waals surface area (Å²) < 4.78 is 16.2. The van der Waals surface area contributed by atoms with Crippen molar-refractivity contribution in [3.8, 4) is 11.5 Å². The molecular weight excluding hydrogens is 306 g/mol. The van der Waals surface area contributed by atoms with Crippen LogP contribution in [-0.4, -0.2) is 33.3 Å². The number of ether oxygens (including phenoxy) is 3. The van der Waals surface area contributed by atoms with Gasteiger partial charge in [0.05, 0.1) is 13.2 Å². The molecule has 0 radical (unpaired) electrons. The Morgan fingerprint density at radius 2 is 1.92 bits per heavy atom. The molecular formula is C19H23NO4. The molecule has 24 heavy (non-hydrogen) atoms. The van der Waals surface area contributed by atoms with Gasteiger partial charge in [0.15, 0.2) is 6.61 Å². The lowest BCUT2D eigenvalue weighted by Gasteiger charge is -2.17. The molecule has 0 bridgehead atoms. The summed E-state index contributed by atoms with van der Waals surface area (Å²) in [5.41, 5.74) is 1.94. The molecule has 1 unspecified atom stereocenters. The van der Waals surface area contributed by atoms with Gasteiger partial charge in [-0.15, -0.1) is 0 Å². The summed E-state index contributed by atoms with van der Waals surface area (Å²) in [6.45, 7) is 2.27. The molecule has 0 saturated carbocycles. The third-order valence-electron chi connectivity index (χ3n) is 3.69. The molecule has 0 fully saturated rings. The van der Waals surface area contributed by atoms with E-state index in [1.807, 2.05) is 55.5 Å². The Hall–Kier alpha value is -2.53. The second-order valence-electron chi connectivity index (χ2n) is 5.36. The Balaban J connectivity index is 1.86. The second kappa shape index (κ2) is 8.93. The number of aryl methyl sites for hydroxylation is 1. The van der Waals surface area contributed by atoms with Gasteiger partial charge >= 0.3 is 0 Å². The lowest BCUT2D eigenvalue weighted by molar-refractivity contribution is -0.123. The van der Waals surface area contributed by atoms with Crippen molar-refractivity contribution < 1.29 is 19.0 Å². The quantitative estimate of drug-likeness (QED) is 0.809. The zero-order valence-corrected chi connectivity index (χ0v) is 14.2. The second-order valence-corrected chi connectivity index (χ2v) is 5.36. The van der Waals surface area contributed by atoms with Gasteiger partial charge in [-0.3, -0.25) is 4.79 Å². The van der Waals surface area contributed by atoms with Crippen molar-refractivity contribution in [3.63, 3.8) is 0 Å². The van der Waals surface area contributed by atoms with E-state index in [-0.39, 0.29) is 18.6 Å². The van der Waals surface area contributed by atoms with Gasteiger partial charge in [-0.25, -0.2) is 0 Å². The maximum absolute atomic E-state index is 12.0. The van der Waals surface area contributed by atoms with Gasteiger partial charge < -0.3 is 19.5 Å². The topological polar surface area (TPSA) is 56.8 Å². The molecule has 0 aromatic heterocycles. The predicted molar refractivity (Wildman–Crippen MR) is 92.4 cm³/mol. The summed E-state index contributed by atoms with van der Waals surface area (Å²) in [5, 5.41) is 2.83. The largest absolute Gasteiger partial charge is 0.497 e. The fraction of sp³-hybridized carbons (Fsp3) is 0.316.